The second-order valence-electron chi connectivity index (χ2n) is 7.95. The fourth-order valence-electron chi connectivity index (χ4n) is 3.92. The third-order valence-corrected chi connectivity index (χ3v) is 7.15. The van der Waals surface area contributed by atoms with Gasteiger partial charge in [-0.05, 0) is 71.2 Å². The molecule has 2 heterocycles. The average molecular weight is 587 g/mol. The van der Waals surface area contributed by atoms with Gasteiger partial charge in [-0.3, -0.25) is 9.36 Å². The predicted octanol–water partition coefficient (Wildman–Crippen LogP) is 3.03. The summed E-state index contributed by atoms with van der Waals surface area (Å²) in [6.07, 6.45) is 1.72. The molecule has 1 aliphatic rings. The van der Waals surface area contributed by atoms with E-state index in [1.54, 1.807) is 63.4 Å². The number of methoxy groups -OCH3 is 1. The number of ether oxygens (including phenoxy) is 3. The number of hydrogen-bond acceptors (Lipinski definition) is 8. The maximum atomic E-state index is 13.7. The molecule has 0 spiro atoms. The predicted molar refractivity (Wildman–Crippen MR) is 141 cm³/mol. The second kappa shape index (κ2) is 11.1. The molecule has 2 aromatic carbocycles. The van der Waals surface area contributed by atoms with E-state index in [0.717, 1.165) is 5.56 Å². The summed E-state index contributed by atoms with van der Waals surface area (Å²) >= 11 is 4.71. The number of rotatable bonds is 8. The number of esters is 1. The molecule has 1 N–H and O–H groups in total. The number of thiazole rings is 1. The number of halogens is 1. The summed E-state index contributed by atoms with van der Waals surface area (Å²) in [4.78, 5) is 42.4. The van der Waals surface area contributed by atoms with Crippen LogP contribution < -0.4 is 24.4 Å². The molecule has 0 saturated heterocycles. The summed E-state index contributed by atoms with van der Waals surface area (Å²) in [6, 6.07) is 11.4. The van der Waals surface area contributed by atoms with Gasteiger partial charge in [0.05, 0.1) is 40.0 Å². The lowest BCUT2D eigenvalue weighted by atomic mass is 9.96. The highest BCUT2D eigenvalue weighted by atomic mass is 79.9. The number of carbonyl (C=O) groups is 2. The Morgan fingerprint density at radius 1 is 1.22 bits per heavy atom. The van der Waals surface area contributed by atoms with Crippen LogP contribution in [0.2, 0.25) is 0 Å². The van der Waals surface area contributed by atoms with Crippen LogP contribution in [0.25, 0.3) is 6.08 Å². The van der Waals surface area contributed by atoms with E-state index in [0.29, 0.717) is 36.6 Å². The van der Waals surface area contributed by atoms with E-state index >= 15 is 0 Å². The Balaban J connectivity index is 1.83. The number of aliphatic carboxylic acids is 1. The Morgan fingerprint density at radius 3 is 2.57 bits per heavy atom. The fourth-order valence-corrected chi connectivity index (χ4v) is 5.52. The number of carboxylic acids is 1. The van der Waals surface area contributed by atoms with Crippen LogP contribution >= 0.6 is 27.3 Å². The smallest absolute Gasteiger partial charge is 0.341 e. The molecule has 1 aromatic heterocycles. The van der Waals surface area contributed by atoms with Crippen LogP contribution in [0, 0.1) is 0 Å². The Bertz CT molecular complexity index is 1570. The zero-order valence-electron chi connectivity index (χ0n) is 20.2. The fraction of sp³-hybridized carbons (Fsp3) is 0.231. The molecule has 9 nitrogen and oxygen atoms in total. The van der Waals surface area contributed by atoms with E-state index in [4.69, 9.17) is 19.3 Å². The first-order valence-electron chi connectivity index (χ1n) is 11.2. The van der Waals surface area contributed by atoms with Gasteiger partial charge in [0, 0.05) is 0 Å². The summed E-state index contributed by atoms with van der Waals surface area (Å²) in [7, 11) is 1.56. The minimum atomic E-state index is -1.07. The number of allylic oxidation sites excluding steroid dienone is 1. The molecule has 4 rings (SSSR count). The highest BCUT2D eigenvalue weighted by Gasteiger charge is 2.33. The number of carbonyl (C=O) groups excluding carboxylic acids is 1. The van der Waals surface area contributed by atoms with E-state index < -0.39 is 24.6 Å². The highest BCUT2D eigenvalue weighted by Crippen LogP contribution is 2.35. The summed E-state index contributed by atoms with van der Waals surface area (Å²) in [5.41, 5.74) is 1.87. The molecule has 1 aliphatic heterocycles. The van der Waals surface area contributed by atoms with Crippen LogP contribution in [0.3, 0.4) is 0 Å². The molecular formula is C26H23BrN2O7S. The maximum absolute atomic E-state index is 13.7. The van der Waals surface area contributed by atoms with Crippen molar-refractivity contribution in [2.24, 2.45) is 4.99 Å². The van der Waals surface area contributed by atoms with Crippen LogP contribution in [0.5, 0.6) is 11.5 Å². The van der Waals surface area contributed by atoms with Crippen molar-refractivity contribution < 1.29 is 28.9 Å². The minimum absolute atomic E-state index is 0.186. The normalized spacial score (nSPS) is 15.1. The van der Waals surface area contributed by atoms with Crippen LogP contribution in [0.4, 0.5) is 0 Å². The van der Waals surface area contributed by atoms with E-state index in [9.17, 15) is 14.4 Å². The Hall–Kier alpha value is -3.70. The second-order valence-corrected chi connectivity index (χ2v) is 9.81. The van der Waals surface area contributed by atoms with Crippen molar-refractivity contribution in [3.63, 3.8) is 0 Å². The molecule has 0 aliphatic carbocycles. The van der Waals surface area contributed by atoms with Gasteiger partial charge in [-0.25, -0.2) is 14.6 Å². The van der Waals surface area contributed by atoms with Crippen molar-refractivity contribution in [2.45, 2.75) is 19.9 Å². The SMILES string of the molecule is CCOC(=O)C1=C(C)N=c2s/c(=C/c3ccc(OCC(=O)O)cc3)c(=O)n2[C@@H]1c1ccc(OC)c(Br)c1. The van der Waals surface area contributed by atoms with Crippen LogP contribution in [-0.4, -0.2) is 41.9 Å². The molecule has 3 aromatic rings. The van der Waals surface area contributed by atoms with Gasteiger partial charge in [0.1, 0.15) is 11.5 Å². The van der Waals surface area contributed by atoms with E-state index in [1.165, 1.54) is 15.9 Å². The number of hydrogen-bond donors (Lipinski definition) is 1. The molecule has 37 heavy (non-hydrogen) atoms. The van der Waals surface area contributed by atoms with Crippen molar-refractivity contribution in [1.29, 1.82) is 0 Å². The molecule has 0 fully saturated rings. The van der Waals surface area contributed by atoms with Crippen molar-refractivity contribution in [3.8, 4) is 11.5 Å². The van der Waals surface area contributed by atoms with Gasteiger partial charge in [0.2, 0.25) is 0 Å². The van der Waals surface area contributed by atoms with Gasteiger partial charge in [-0.2, -0.15) is 0 Å². The number of benzene rings is 2. The first-order chi connectivity index (χ1) is 17.7. The summed E-state index contributed by atoms with van der Waals surface area (Å²) in [6.45, 7) is 3.19. The third kappa shape index (κ3) is 5.52. The molecule has 0 bridgehead atoms. The molecule has 0 radical (unpaired) electrons. The zero-order valence-corrected chi connectivity index (χ0v) is 22.6. The quantitative estimate of drug-likeness (QED) is 0.403. The Labute approximate surface area is 224 Å². The molecular weight excluding hydrogens is 564 g/mol. The maximum Gasteiger partial charge on any atom is 0.341 e. The average Bonchev–Trinajstić information content (AvgIpc) is 3.16. The molecule has 0 unspecified atom stereocenters. The van der Waals surface area contributed by atoms with Crippen LogP contribution in [-0.2, 0) is 14.3 Å². The Kier molecular flexibility index (Phi) is 7.94. The molecule has 11 heteroatoms. The number of fused-ring (bicyclic) bond motifs is 1. The highest BCUT2D eigenvalue weighted by molar-refractivity contribution is 9.10. The number of nitrogens with zero attached hydrogens (tertiary/aromatic N) is 2. The largest absolute Gasteiger partial charge is 0.496 e. The van der Waals surface area contributed by atoms with E-state index in [1.807, 2.05) is 6.07 Å². The van der Waals surface area contributed by atoms with Crippen LogP contribution in [0.15, 0.2) is 68.0 Å². The summed E-state index contributed by atoms with van der Waals surface area (Å²) in [5.74, 6) is -0.584. The Morgan fingerprint density at radius 2 is 1.95 bits per heavy atom. The van der Waals surface area contributed by atoms with Crippen molar-refractivity contribution >= 4 is 45.3 Å². The zero-order chi connectivity index (χ0) is 26.7. The molecule has 1 atom stereocenters. The van der Waals surface area contributed by atoms with Gasteiger partial charge in [0.15, 0.2) is 11.4 Å². The lowest BCUT2D eigenvalue weighted by molar-refractivity contribution is -0.140. The third-order valence-electron chi connectivity index (χ3n) is 5.55. The van der Waals surface area contributed by atoms with Gasteiger partial charge in [-0.1, -0.05) is 29.5 Å². The summed E-state index contributed by atoms with van der Waals surface area (Å²) < 4.78 is 18.4. The monoisotopic (exact) mass is 586 g/mol. The number of carboxylic acid groups (broad SMARTS) is 1. The van der Waals surface area contributed by atoms with Crippen molar-refractivity contribution in [2.75, 3.05) is 20.3 Å². The van der Waals surface area contributed by atoms with E-state index in [-0.39, 0.29) is 17.7 Å². The lowest BCUT2D eigenvalue weighted by Gasteiger charge is -2.25. The number of aromatic nitrogens is 1. The van der Waals surface area contributed by atoms with E-state index in [2.05, 4.69) is 20.9 Å². The molecule has 0 amide bonds. The molecule has 192 valence electrons. The first kappa shape index (κ1) is 26.4. The van der Waals surface area contributed by atoms with Gasteiger partial charge >= 0.3 is 11.9 Å². The van der Waals surface area contributed by atoms with Gasteiger partial charge in [0.25, 0.3) is 5.56 Å². The van der Waals surface area contributed by atoms with Gasteiger partial charge < -0.3 is 19.3 Å². The summed E-state index contributed by atoms with van der Waals surface area (Å²) in [5, 5.41) is 8.76. The topological polar surface area (TPSA) is 116 Å². The van der Waals surface area contributed by atoms with Crippen molar-refractivity contribution in [1.82, 2.24) is 4.57 Å². The standard InChI is InChI=1S/C26H23BrN2O7S/c1-4-35-25(33)22-14(2)28-26-29(23(22)16-7-10-19(34-3)18(27)12-16)24(32)20(37-26)11-15-5-8-17(9-6-15)36-13-21(30)31/h5-12,23H,4,13H2,1-3H3,(H,30,31)/b20-11+/t23-/m1/s1. The first-order valence-corrected chi connectivity index (χ1v) is 12.8. The van der Waals surface area contributed by atoms with Crippen molar-refractivity contribution in [3.05, 3.63) is 89.0 Å². The lowest BCUT2D eigenvalue weighted by Crippen LogP contribution is -2.39. The molecule has 0 saturated carbocycles. The van der Waals surface area contributed by atoms with Crippen LogP contribution in [0.1, 0.15) is 31.0 Å². The minimum Gasteiger partial charge on any atom is -0.496 e. The van der Waals surface area contributed by atoms with Gasteiger partial charge in [-0.15, -0.1) is 0 Å².